The van der Waals surface area contributed by atoms with Crippen molar-refractivity contribution in [2.24, 2.45) is 5.92 Å². The molecule has 0 saturated carbocycles. The van der Waals surface area contributed by atoms with Gasteiger partial charge in [-0.25, -0.2) is 9.59 Å². The number of ether oxygens (including phenoxy) is 3. The number of nitrogens with one attached hydrogen (secondary N) is 2. The summed E-state index contributed by atoms with van der Waals surface area (Å²) in [6, 6.07) is 5.02. The highest BCUT2D eigenvalue weighted by atomic mass is 16.6. The van der Waals surface area contributed by atoms with E-state index in [1.165, 1.54) is 7.11 Å². The molecule has 2 aliphatic rings. The topological polar surface area (TPSA) is 106 Å². The summed E-state index contributed by atoms with van der Waals surface area (Å²) in [6.07, 6.45) is 2.67. The number of hydrogen-bond donors (Lipinski definition) is 2. The van der Waals surface area contributed by atoms with Crippen LogP contribution in [0, 0.1) is 5.92 Å². The summed E-state index contributed by atoms with van der Waals surface area (Å²) in [6.45, 7) is 8.05. The number of nitrogens with zero attached hydrogens (tertiary/aromatic N) is 1. The third-order valence-electron chi connectivity index (χ3n) is 5.77. The highest BCUT2D eigenvalue weighted by Gasteiger charge is 2.28. The Labute approximate surface area is 195 Å². The normalized spacial score (nSPS) is 18.8. The smallest absolute Gasteiger partial charge is 0.410 e. The predicted octanol–water partition coefficient (Wildman–Crippen LogP) is 3.65. The van der Waals surface area contributed by atoms with Crippen molar-refractivity contribution in [1.29, 1.82) is 0 Å². The minimum absolute atomic E-state index is 0.0977. The van der Waals surface area contributed by atoms with E-state index < -0.39 is 11.6 Å². The first-order chi connectivity index (χ1) is 15.6. The van der Waals surface area contributed by atoms with Gasteiger partial charge in [-0.1, -0.05) is 0 Å². The van der Waals surface area contributed by atoms with Crippen LogP contribution in [-0.4, -0.2) is 67.9 Å². The van der Waals surface area contributed by atoms with Crippen LogP contribution in [0.4, 0.5) is 16.2 Å². The van der Waals surface area contributed by atoms with Crippen LogP contribution in [0.1, 0.15) is 56.8 Å². The van der Waals surface area contributed by atoms with E-state index in [1.54, 1.807) is 23.1 Å². The number of hydrogen-bond acceptors (Lipinski definition) is 7. The highest BCUT2D eigenvalue weighted by molar-refractivity contribution is 5.97. The van der Waals surface area contributed by atoms with Crippen molar-refractivity contribution in [3.63, 3.8) is 0 Å². The zero-order chi connectivity index (χ0) is 24.0. The number of carbonyl (C=O) groups is 3. The Morgan fingerprint density at radius 3 is 2.39 bits per heavy atom. The first kappa shape index (κ1) is 24.8. The molecule has 2 saturated heterocycles. The largest absolute Gasteiger partial charge is 0.465 e. The van der Waals surface area contributed by atoms with Crippen molar-refractivity contribution in [2.45, 2.75) is 58.2 Å². The van der Waals surface area contributed by atoms with Gasteiger partial charge in [0.2, 0.25) is 5.91 Å². The third-order valence-corrected chi connectivity index (χ3v) is 5.77. The van der Waals surface area contributed by atoms with Gasteiger partial charge in [0.25, 0.3) is 0 Å². The maximum atomic E-state index is 12.8. The second-order valence-electron chi connectivity index (χ2n) is 9.58. The lowest BCUT2D eigenvalue weighted by Gasteiger charge is -2.33. The Kier molecular flexibility index (Phi) is 8.18. The molecule has 1 aromatic rings. The van der Waals surface area contributed by atoms with Crippen LogP contribution in [0.2, 0.25) is 0 Å². The lowest BCUT2D eigenvalue weighted by atomic mass is 9.93. The summed E-state index contributed by atoms with van der Waals surface area (Å²) in [5.74, 6) is -0.343. The van der Waals surface area contributed by atoms with Crippen LogP contribution < -0.4 is 10.6 Å². The molecule has 1 atom stereocenters. The zero-order valence-electron chi connectivity index (χ0n) is 19.9. The quantitative estimate of drug-likeness (QED) is 0.597. The van der Waals surface area contributed by atoms with Crippen LogP contribution >= 0.6 is 0 Å². The van der Waals surface area contributed by atoms with Gasteiger partial charge in [0, 0.05) is 32.7 Å². The fourth-order valence-electron chi connectivity index (χ4n) is 3.82. The minimum atomic E-state index is -0.520. The van der Waals surface area contributed by atoms with Crippen LogP contribution in [0.15, 0.2) is 18.2 Å². The molecule has 33 heavy (non-hydrogen) atoms. The second kappa shape index (κ2) is 10.9. The zero-order valence-corrected chi connectivity index (χ0v) is 19.9. The summed E-state index contributed by atoms with van der Waals surface area (Å²) >= 11 is 0. The van der Waals surface area contributed by atoms with Gasteiger partial charge in [-0.15, -0.1) is 0 Å². The predicted molar refractivity (Wildman–Crippen MR) is 124 cm³/mol. The Hall–Kier alpha value is -2.81. The molecule has 2 fully saturated rings. The average molecular weight is 462 g/mol. The second-order valence-corrected chi connectivity index (χ2v) is 9.58. The molecule has 1 aromatic carbocycles. The molecule has 9 heteroatoms. The average Bonchev–Trinajstić information content (AvgIpc) is 2.72. The molecule has 9 nitrogen and oxygen atoms in total. The monoisotopic (exact) mass is 461 g/mol. The lowest BCUT2D eigenvalue weighted by molar-refractivity contribution is -0.117. The van der Waals surface area contributed by atoms with Crippen molar-refractivity contribution in [3.05, 3.63) is 23.8 Å². The van der Waals surface area contributed by atoms with Crippen LogP contribution in [0.3, 0.4) is 0 Å². The van der Waals surface area contributed by atoms with Crippen molar-refractivity contribution in [3.8, 4) is 0 Å². The third kappa shape index (κ3) is 7.35. The lowest BCUT2D eigenvalue weighted by Crippen LogP contribution is -2.42. The van der Waals surface area contributed by atoms with Gasteiger partial charge in [0.05, 0.1) is 30.2 Å². The number of esters is 1. The van der Waals surface area contributed by atoms with E-state index in [2.05, 4.69) is 10.6 Å². The number of likely N-dealkylation sites (tertiary alicyclic amines) is 1. The number of rotatable bonds is 7. The maximum absolute atomic E-state index is 12.8. The van der Waals surface area contributed by atoms with Crippen LogP contribution in [-0.2, 0) is 19.0 Å². The van der Waals surface area contributed by atoms with Gasteiger partial charge < -0.3 is 29.7 Å². The molecular weight excluding hydrogens is 426 g/mol. The van der Waals surface area contributed by atoms with Crippen LogP contribution in [0.5, 0.6) is 0 Å². The number of carbonyl (C=O) groups excluding carboxylic acids is 3. The summed E-state index contributed by atoms with van der Waals surface area (Å²) in [5.41, 5.74) is 1.15. The Morgan fingerprint density at radius 1 is 1.12 bits per heavy atom. The van der Waals surface area contributed by atoms with Crippen LogP contribution in [0.25, 0.3) is 0 Å². The van der Waals surface area contributed by atoms with E-state index in [9.17, 15) is 14.4 Å². The van der Waals surface area contributed by atoms with Crippen molar-refractivity contribution in [2.75, 3.05) is 44.0 Å². The summed E-state index contributed by atoms with van der Waals surface area (Å²) in [7, 11) is 1.33. The molecule has 2 heterocycles. The van der Waals surface area contributed by atoms with Crippen molar-refractivity contribution in [1.82, 2.24) is 4.90 Å². The van der Waals surface area contributed by atoms with Gasteiger partial charge in [0.15, 0.2) is 0 Å². The standard InChI is InChI=1S/C24H35N3O6/c1-24(2,3)33-23(30)27-10-7-16(8-11-27)13-21(28)26-19-6-5-17(22(29)31-4)14-20(19)25-15-18-9-12-32-18/h5-6,14,16,18,25H,7-13,15H2,1-4H3,(H,26,28). The highest BCUT2D eigenvalue weighted by Crippen LogP contribution is 2.27. The molecule has 0 aliphatic carbocycles. The fourth-order valence-corrected chi connectivity index (χ4v) is 3.82. The molecule has 0 spiro atoms. The summed E-state index contributed by atoms with van der Waals surface area (Å²) in [5, 5.41) is 6.24. The maximum Gasteiger partial charge on any atom is 0.410 e. The van der Waals surface area contributed by atoms with Crippen molar-refractivity contribution >= 4 is 29.3 Å². The molecule has 182 valence electrons. The first-order valence-corrected chi connectivity index (χ1v) is 11.5. The number of methoxy groups -OCH3 is 1. The van der Waals surface area contributed by atoms with E-state index in [-0.39, 0.29) is 24.0 Å². The Balaban J connectivity index is 1.55. The van der Waals surface area contributed by atoms with E-state index in [0.717, 1.165) is 25.9 Å². The van der Waals surface area contributed by atoms with Gasteiger partial charge in [-0.05, 0) is 64.2 Å². The number of piperidine rings is 1. The molecule has 0 radical (unpaired) electrons. The minimum Gasteiger partial charge on any atom is -0.465 e. The molecule has 2 amide bonds. The summed E-state index contributed by atoms with van der Waals surface area (Å²) in [4.78, 5) is 38.6. The SMILES string of the molecule is COC(=O)c1ccc(NC(=O)CC2CCN(C(=O)OC(C)(C)C)CC2)c(NCC2CCO2)c1. The Bertz CT molecular complexity index is 854. The van der Waals surface area contributed by atoms with Gasteiger partial charge in [0.1, 0.15) is 5.60 Å². The van der Waals surface area contributed by atoms with E-state index in [0.29, 0.717) is 43.0 Å². The van der Waals surface area contributed by atoms with Gasteiger partial charge in [-0.3, -0.25) is 4.79 Å². The molecule has 1 unspecified atom stereocenters. The first-order valence-electron chi connectivity index (χ1n) is 11.5. The van der Waals surface area contributed by atoms with Gasteiger partial charge >= 0.3 is 12.1 Å². The fraction of sp³-hybridized carbons (Fsp3) is 0.625. The summed E-state index contributed by atoms with van der Waals surface area (Å²) < 4.78 is 15.7. The molecule has 3 rings (SSSR count). The number of amides is 2. The Morgan fingerprint density at radius 2 is 1.82 bits per heavy atom. The van der Waals surface area contributed by atoms with Crippen molar-refractivity contribution < 1.29 is 28.6 Å². The molecule has 0 bridgehead atoms. The van der Waals surface area contributed by atoms with E-state index >= 15 is 0 Å². The number of benzene rings is 1. The molecule has 0 aromatic heterocycles. The molecule has 2 N–H and O–H groups in total. The van der Waals surface area contributed by atoms with E-state index in [1.807, 2.05) is 20.8 Å². The van der Waals surface area contributed by atoms with E-state index in [4.69, 9.17) is 14.2 Å². The van der Waals surface area contributed by atoms with Gasteiger partial charge in [-0.2, -0.15) is 0 Å². The molecule has 2 aliphatic heterocycles. The molecular formula is C24H35N3O6. The number of anilines is 2.